The number of unbranched alkanes of at least 4 members (excludes halogenated alkanes) is 2. The van der Waals surface area contributed by atoms with Crippen LogP contribution in [0.1, 0.15) is 59.7 Å². The minimum Gasteiger partial charge on any atom is -0.449 e. The van der Waals surface area contributed by atoms with Crippen molar-refractivity contribution in [2.45, 2.75) is 56.1 Å². The number of ether oxygens (including phenoxy) is 1. The topological polar surface area (TPSA) is 87.5 Å². The van der Waals surface area contributed by atoms with E-state index in [1.165, 1.54) is 0 Å². The number of benzene rings is 1. The molecule has 0 aliphatic carbocycles. The van der Waals surface area contributed by atoms with E-state index in [2.05, 4.69) is 17.7 Å². The number of cyclic esters (lactones) is 1. The quantitative estimate of drug-likeness (QED) is 0.322. The molecule has 0 bridgehead atoms. The monoisotopic (exact) mass is 393 g/mol. The number of alkyl halides is 1. The Labute approximate surface area is 163 Å². The lowest BCUT2D eigenvalue weighted by molar-refractivity contribution is 0.0855. The average molecular weight is 394 g/mol. The second kappa shape index (κ2) is 8.27. The fourth-order valence-corrected chi connectivity index (χ4v) is 4.10. The van der Waals surface area contributed by atoms with Gasteiger partial charge < -0.3 is 4.74 Å². The number of hydrogen-bond donors (Lipinski definition) is 2. The molecule has 2 aliphatic heterocycles. The third-order valence-corrected chi connectivity index (χ3v) is 5.72. The molecule has 2 fully saturated rings. The number of aldehydes is 1. The van der Waals surface area contributed by atoms with Crippen LogP contribution < -0.4 is 10.7 Å². The Hall–Kier alpha value is -2.12. The van der Waals surface area contributed by atoms with E-state index in [4.69, 9.17) is 16.3 Å². The number of carbonyl (C=O) groups excluding carboxylic acids is 3. The number of nitrogens with one attached hydrogen (secondary N) is 2. The van der Waals surface area contributed by atoms with Crippen molar-refractivity contribution in [2.75, 3.05) is 6.61 Å². The molecule has 2 N–H and O–H groups in total. The van der Waals surface area contributed by atoms with Crippen LogP contribution in [0.15, 0.2) is 24.3 Å². The van der Waals surface area contributed by atoms with Crippen LogP contribution in [0.2, 0.25) is 0 Å². The summed E-state index contributed by atoms with van der Waals surface area (Å²) in [6.07, 6.45) is 4.47. The first-order chi connectivity index (χ1) is 13.0. The van der Waals surface area contributed by atoms with Crippen molar-refractivity contribution in [3.8, 4) is 0 Å². The number of amides is 2. The Balaban J connectivity index is 1.81. The maximum Gasteiger partial charge on any atom is 0.408 e. The molecule has 2 amide bonds. The zero-order chi connectivity index (χ0) is 19.4. The third-order valence-electron chi connectivity index (χ3n) is 5.17. The van der Waals surface area contributed by atoms with Crippen molar-refractivity contribution in [1.82, 2.24) is 15.8 Å². The molecule has 3 rings (SSSR count). The van der Waals surface area contributed by atoms with Gasteiger partial charge in [0, 0.05) is 12.0 Å². The van der Waals surface area contributed by atoms with Gasteiger partial charge in [-0.3, -0.25) is 20.3 Å². The number of halogens is 1. The fourth-order valence-electron chi connectivity index (χ4n) is 3.70. The van der Waals surface area contributed by atoms with E-state index in [0.717, 1.165) is 25.7 Å². The van der Waals surface area contributed by atoms with Crippen molar-refractivity contribution in [1.29, 1.82) is 0 Å². The zero-order valence-corrected chi connectivity index (χ0v) is 16.0. The molecule has 7 nitrogen and oxygen atoms in total. The smallest absolute Gasteiger partial charge is 0.408 e. The number of hydrogen-bond acceptors (Lipinski definition) is 5. The highest BCUT2D eigenvalue weighted by molar-refractivity contribution is 6.22. The van der Waals surface area contributed by atoms with Crippen LogP contribution in [0.25, 0.3) is 0 Å². The molecule has 8 heteroatoms. The molecule has 27 heavy (non-hydrogen) atoms. The van der Waals surface area contributed by atoms with Crippen LogP contribution in [0.5, 0.6) is 0 Å². The van der Waals surface area contributed by atoms with E-state index < -0.39 is 23.0 Å². The molecule has 1 spiro atoms. The molecule has 2 heterocycles. The first-order valence-corrected chi connectivity index (χ1v) is 9.71. The molecule has 1 unspecified atom stereocenters. The number of nitrogens with zero attached hydrogens (tertiary/aromatic N) is 1. The van der Waals surface area contributed by atoms with Gasteiger partial charge in [-0.2, -0.15) is 5.01 Å². The van der Waals surface area contributed by atoms with Crippen LogP contribution >= 0.6 is 11.6 Å². The highest BCUT2D eigenvalue weighted by Gasteiger charge is 2.69. The zero-order valence-electron chi connectivity index (χ0n) is 15.2. The first-order valence-electron chi connectivity index (χ1n) is 9.28. The Kier molecular flexibility index (Phi) is 6.01. The summed E-state index contributed by atoms with van der Waals surface area (Å²) < 4.78 is 5.08. The van der Waals surface area contributed by atoms with Gasteiger partial charge in [-0.25, -0.2) is 4.79 Å². The number of carbonyl (C=O) groups is 3. The lowest BCUT2D eigenvalue weighted by atomic mass is 10.0. The van der Waals surface area contributed by atoms with Crippen molar-refractivity contribution in [2.24, 2.45) is 0 Å². The standard InChI is InChI=1S/C19H24ClN3O4/c1-2-3-4-9-16-19(15(20)10-11-27-18(26)21-19)23(16)22-17(25)14-8-6-5-7-13(14)12-24/h5-8,12,15-16H,2-4,9-11H2,1H3,(H,21,26)(H,22,25)/t15-,16+,19-,23?/m0/s1. The molecule has 0 saturated carbocycles. The Morgan fingerprint density at radius 1 is 1.44 bits per heavy atom. The first kappa shape index (κ1) is 19.6. The Morgan fingerprint density at radius 2 is 2.22 bits per heavy atom. The Morgan fingerprint density at radius 3 is 2.96 bits per heavy atom. The van der Waals surface area contributed by atoms with E-state index in [9.17, 15) is 14.4 Å². The molecule has 0 aromatic heterocycles. The van der Waals surface area contributed by atoms with Gasteiger partial charge in [0.2, 0.25) is 0 Å². The van der Waals surface area contributed by atoms with Crippen molar-refractivity contribution >= 4 is 29.9 Å². The number of rotatable bonds is 7. The molecular weight excluding hydrogens is 370 g/mol. The van der Waals surface area contributed by atoms with Gasteiger partial charge in [-0.15, -0.1) is 11.6 Å². The van der Waals surface area contributed by atoms with Gasteiger partial charge >= 0.3 is 6.09 Å². The summed E-state index contributed by atoms with van der Waals surface area (Å²) in [5, 5.41) is 4.14. The summed E-state index contributed by atoms with van der Waals surface area (Å²) in [6.45, 7) is 2.35. The van der Waals surface area contributed by atoms with E-state index in [-0.39, 0.29) is 18.2 Å². The molecule has 4 atom stereocenters. The van der Waals surface area contributed by atoms with Gasteiger partial charge in [0.05, 0.1) is 23.6 Å². The van der Waals surface area contributed by atoms with E-state index in [1.807, 2.05) is 0 Å². The summed E-state index contributed by atoms with van der Waals surface area (Å²) in [5.41, 5.74) is 2.57. The molecule has 146 valence electrons. The Bertz CT molecular complexity index is 729. The van der Waals surface area contributed by atoms with Crippen LogP contribution in [-0.4, -0.2) is 47.0 Å². The lowest BCUT2D eigenvalue weighted by Crippen LogP contribution is -2.50. The van der Waals surface area contributed by atoms with Crippen LogP contribution in [0.4, 0.5) is 4.79 Å². The van der Waals surface area contributed by atoms with Gasteiger partial charge in [0.25, 0.3) is 5.91 Å². The van der Waals surface area contributed by atoms with Gasteiger partial charge in [-0.05, 0) is 12.5 Å². The highest BCUT2D eigenvalue weighted by Crippen LogP contribution is 2.47. The molecule has 0 radical (unpaired) electrons. The minimum absolute atomic E-state index is 0.121. The van der Waals surface area contributed by atoms with Gasteiger partial charge in [-0.1, -0.05) is 44.4 Å². The van der Waals surface area contributed by atoms with Crippen molar-refractivity contribution in [3.05, 3.63) is 35.4 Å². The average Bonchev–Trinajstić information content (AvgIpc) is 3.30. The number of hydrazine groups is 1. The largest absolute Gasteiger partial charge is 0.449 e. The molecule has 1 aromatic carbocycles. The normalized spacial score (nSPS) is 29.4. The van der Waals surface area contributed by atoms with Crippen molar-refractivity contribution in [3.63, 3.8) is 0 Å². The summed E-state index contributed by atoms with van der Waals surface area (Å²) in [4.78, 5) is 36.0. The van der Waals surface area contributed by atoms with E-state index >= 15 is 0 Å². The maximum atomic E-state index is 12.8. The SMILES string of the molecule is CCCCC[C@H]1N(NC(=O)c2ccccc2C=O)[C@]12NC(=O)OCC[C@@H]2Cl. The molecule has 2 aliphatic rings. The van der Waals surface area contributed by atoms with Crippen molar-refractivity contribution < 1.29 is 19.1 Å². The van der Waals surface area contributed by atoms with E-state index in [0.29, 0.717) is 18.3 Å². The predicted octanol–water partition coefficient (Wildman–Crippen LogP) is 2.84. The second-order valence-corrected chi connectivity index (χ2v) is 7.40. The maximum absolute atomic E-state index is 12.8. The van der Waals surface area contributed by atoms with Gasteiger partial charge in [0.1, 0.15) is 5.66 Å². The predicted molar refractivity (Wildman–Crippen MR) is 101 cm³/mol. The summed E-state index contributed by atoms with van der Waals surface area (Å²) in [7, 11) is 0. The second-order valence-electron chi connectivity index (χ2n) is 6.87. The number of alkyl carbamates (subject to hydrolysis) is 1. The third kappa shape index (κ3) is 3.80. The minimum atomic E-state index is -0.866. The van der Waals surface area contributed by atoms with E-state index in [1.54, 1.807) is 29.3 Å². The van der Waals surface area contributed by atoms with Crippen LogP contribution in [0, 0.1) is 0 Å². The fraction of sp³-hybridized carbons (Fsp3) is 0.526. The summed E-state index contributed by atoms with van der Waals surface area (Å²) in [6, 6.07) is 6.46. The van der Waals surface area contributed by atoms with Gasteiger partial charge in [0.15, 0.2) is 6.29 Å². The summed E-state index contributed by atoms with van der Waals surface area (Å²) >= 11 is 6.59. The molecular formula is C19H24ClN3O4. The lowest BCUT2D eigenvalue weighted by Gasteiger charge is -2.20. The van der Waals surface area contributed by atoms with Crippen LogP contribution in [0.3, 0.4) is 0 Å². The van der Waals surface area contributed by atoms with Crippen LogP contribution in [-0.2, 0) is 4.74 Å². The molecule has 2 saturated heterocycles. The summed E-state index contributed by atoms with van der Waals surface area (Å²) in [5.74, 6) is -0.404. The molecule has 1 aromatic rings. The highest BCUT2D eigenvalue weighted by atomic mass is 35.5.